The lowest BCUT2D eigenvalue weighted by Gasteiger charge is -2.28. The van der Waals surface area contributed by atoms with Gasteiger partial charge in [-0.25, -0.2) is 0 Å². The number of hydrogen-bond donors (Lipinski definition) is 1. The monoisotopic (exact) mass is 337 g/mol. The Kier molecular flexibility index (Phi) is 4.82. The molecule has 0 saturated heterocycles. The molecule has 0 radical (unpaired) electrons. The zero-order chi connectivity index (χ0) is 16.9. The molecule has 0 bridgehead atoms. The highest BCUT2D eigenvalue weighted by Crippen LogP contribution is 2.34. The Morgan fingerprint density at radius 2 is 2.08 bits per heavy atom. The van der Waals surface area contributed by atoms with Gasteiger partial charge in [-0.3, -0.25) is 9.59 Å². The quantitative estimate of drug-likeness (QED) is 0.931. The van der Waals surface area contributed by atoms with Crippen molar-refractivity contribution in [2.45, 2.75) is 11.3 Å². The Bertz CT molecular complexity index is 829. The van der Waals surface area contributed by atoms with E-state index in [4.69, 9.17) is 5.26 Å². The van der Waals surface area contributed by atoms with Crippen molar-refractivity contribution in [3.05, 3.63) is 54.1 Å². The third-order valence-electron chi connectivity index (χ3n) is 3.65. The number of carbonyl (C=O) groups excluding carboxylic acids is 2. The molecule has 3 rings (SSSR count). The molecule has 1 aliphatic rings. The second kappa shape index (κ2) is 7.20. The van der Waals surface area contributed by atoms with E-state index in [2.05, 4.69) is 5.32 Å². The molecule has 0 aromatic heterocycles. The molecule has 1 N–H and O–H groups in total. The van der Waals surface area contributed by atoms with E-state index in [1.807, 2.05) is 30.3 Å². The van der Waals surface area contributed by atoms with E-state index in [-0.39, 0.29) is 18.2 Å². The number of hydrogen-bond acceptors (Lipinski definition) is 4. The molecule has 1 heterocycles. The van der Waals surface area contributed by atoms with Crippen LogP contribution in [0.15, 0.2) is 53.4 Å². The molecule has 2 amide bonds. The number of nitrogens with one attached hydrogen (secondary N) is 1. The van der Waals surface area contributed by atoms with Crippen LogP contribution in [0.1, 0.15) is 12.0 Å². The maximum Gasteiger partial charge on any atom is 0.237 e. The summed E-state index contributed by atoms with van der Waals surface area (Å²) in [7, 11) is 0. The first-order valence-electron chi connectivity index (χ1n) is 7.49. The van der Waals surface area contributed by atoms with E-state index in [1.54, 1.807) is 29.2 Å². The molecule has 120 valence electrons. The molecule has 5 nitrogen and oxygen atoms in total. The number of amides is 2. The SMILES string of the molecule is N#Cc1cccc(NC(=O)CCN2C(=O)CSc3ccccc32)c1. The molecule has 0 spiro atoms. The summed E-state index contributed by atoms with van der Waals surface area (Å²) in [6.07, 6.45) is 0.196. The number of anilines is 2. The lowest BCUT2D eigenvalue weighted by atomic mass is 10.2. The molecule has 0 atom stereocenters. The van der Waals surface area contributed by atoms with Crippen molar-refractivity contribution in [2.24, 2.45) is 0 Å². The van der Waals surface area contributed by atoms with Gasteiger partial charge in [-0.2, -0.15) is 5.26 Å². The first-order valence-corrected chi connectivity index (χ1v) is 8.48. The van der Waals surface area contributed by atoms with Crippen molar-refractivity contribution < 1.29 is 9.59 Å². The van der Waals surface area contributed by atoms with Crippen molar-refractivity contribution in [1.82, 2.24) is 0 Å². The van der Waals surface area contributed by atoms with Gasteiger partial charge in [0.2, 0.25) is 11.8 Å². The Balaban J connectivity index is 1.64. The summed E-state index contributed by atoms with van der Waals surface area (Å²) < 4.78 is 0. The van der Waals surface area contributed by atoms with Crippen molar-refractivity contribution >= 4 is 35.0 Å². The van der Waals surface area contributed by atoms with Crippen molar-refractivity contribution in [1.29, 1.82) is 5.26 Å². The number of para-hydroxylation sites is 1. The Hall–Kier alpha value is -2.78. The second-order valence-corrected chi connectivity index (χ2v) is 6.31. The molecule has 2 aromatic rings. The average Bonchev–Trinajstić information content (AvgIpc) is 2.61. The van der Waals surface area contributed by atoms with Crippen molar-refractivity contribution in [2.75, 3.05) is 22.5 Å². The average molecular weight is 337 g/mol. The van der Waals surface area contributed by atoms with Gasteiger partial charge >= 0.3 is 0 Å². The third-order valence-corrected chi connectivity index (χ3v) is 4.69. The fraction of sp³-hybridized carbons (Fsp3) is 0.167. The summed E-state index contributed by atoms with van der Waals surface area (Å²) >= 11 is 1.52. The van der Waals surface area contributed by atoms with Crippen LogP contribution in [0.4, 0.5) is 11.4 Å². The highest BCUT2D eigenvalue weighted by molar-refractivity contribution is 8.00. The summed E-state index contributed by atoms with van der Waals surface area (Å²) in [6.45, 7) is 0.334. The topological polar surface area (TPSA) is 73.2 Å². The minimum Gasteiger partial charge on any atom is -0.326 e. The number of nitriles is 1. The van der Waals surface area contributed by atoms with Crippen LogP contribution in [0.5, 0.6) is 0 Å². The van der Waals surface area contributed by atoms with Crippen LogP contribution in [0.3, 0.4) is 0 Å². The molecule has 6 heteroatoms. The normalized spacial score (nSPS) is 13.1. The lowest BCUT2D eigenvalue weighted by Crippen LogP contribution is -2.37. The molecule has 2 aromatic carbocycles. The number of fused-ring (bicyclic) bond motifs is 1. The highest BCUT2D eigenvalue weighted by atomic mass is 32.2. The fourth-order valence-electron chi connectivity index (χ4n) is 2.50. The first-order chi connectivity index (χ1) is 11.7. The summed E-state index contributed by atoms with van der Waals surface area (Å²) in [5, 5.41) is 11.6. The molecular formula is C18H15N3O2S. The van der Waals surface area contributed by atoms with Crippen LogP contribution in [0, 0.1) is 11.3 Å². The number of nitrogens with zero attached hydrogens (tertiary/aromatic N) is 2. The van der Waals surface area contributed by atoms with Gasteiger partial charge < -0.3 is 10.2 Å². The molecule has 0 aliphatic carbocycles. The van der Waals surface area contributed by atoms with Crippen LogP contribution in [-0.4, -0.2) is 24.1 Å². The number of rotatable bonds is 4. The predicted molar refractivity (Wildman–Crippen MR) is 93.9 cm³/mol. The molecule has 0 fully saturated rings. The van der Waals surface area contributed by atoms with Crippen LogP contribution in [0.2, 0.25) is 0 Å². The van der Waals surface area contributed by atoms with Gasteiger partial charge in [0.15, 0.2) is 0 Å². The minimum atomic E-state index is -0.186. The molecule has 1 aliphatic heterocycles. The van der Waals surface area contributed by atoms with E-state index in [9.17, 15) is 9.59 Å². The molecule has 0 unspecified atom stereocenters. The minimum absolute atomic E-state index is 0.0120. The first kappa shape index (κ1) is 16.1. The zero-order valence-electron chi connectivity index (χ0n) is 12.9. The smallest absolute Gasteiger partial charge is 0.237 e. The summed E-state index contributed by atoms with van der Waals surface area (Å²) in [4.78, 5) is 27.0. The van der Waals surface area contributed by atoms with E-state index < -0.39 is 0 Å². The number of carbonyl (C=O) groups is 2. The summed E-state index contributed by atoms with van der Waals surface area (Å²) in [6, 6.07) is 16.5. The number of thioether (sulfide) groups is 1. The van der Waals surface area contributed by atoms with E-state index in [0.29, 0.717) is 23.5 Å². The van der Waals surface area contributed by atoms with Gasteiger partial charge in [0.1, 0.15) is 0 Å². The standard InChI is InChI=1S/C18H15N3O2S/c19-11-13-4-3-5-14(10-13)20-17(22)8-9-21-15-6-1-2-7-16(15)24-12-18(21)23/h1-7,10H,8-9,12H2,(H,20,22). The Morgan fingerprint density at radius 1 is 1.25 bits per heavy atom. The van der Waals surface area contributed by atoms with Crippen molar-refractivity contribution in [3.63, 3.8) is 0 Å². The Morgan fingerprint density at radius 3 is 2.92 bits per heavy atom. The van der Waals surface area contributed by atoms with E-state index >= 15 is 0 Å². The van der Waals surface area contributed by atoms with Gasteiger partial charge in [-0.1, -0.05) is 18.2 Å². The van der Waals surface area contributed by atoms with E-state index in [0.717, 1.165) is 10.6 Å². The lowest BCUT2D eigenvalue weighted by molar-refractivity contribution is -0.117. The third kappa shape index (κ3) is 3.58. The number of benzene rings is 2. The van der Waals surface area contributed by atoms with Crippen LogP contribution in [-0.2, 0) is 9.59 Å². The van der Waals surface area contributed by atoms with Crippen LogP contribution >= 0.6 is 11.8 Å². The zero-order valence-corrected chi connectivity index (χ0v) is 13.7. The molecule has 24 heavy (non-hydrogen) atoms. The Labute approximate surface area is 144 Å². The molecular weight excluding hydrogens is 322 g/mol. The fourth-order valence-corrected chi connectivity index (χ4v) is 3.44. The van der Waals surface area contributed by atoms with Crippen molar-refractivity contribution in [3.8, 4) is 6.07 Å². The summed E-state index contributed by atoms with van der Waals surface area (Å²) in [5.74, 6) is 0.217. The van der Waals surface area contributed by atoms with Gasteiger partial charge in [-0.05, 0) is 30.3 Å². The van der Waals surface area contributed by atoms with Crippen LogP contribution in [0.25, 0.3) is 0 Å². The maximum atomic E-state index is 12.1. The maximum absolute atomic E-state index is 12.1. The molecule has 0 saturated carbocycles. The summed E-state index contributed by atoms with van der Waals surface area (Å²) in [5.41, 5.74) is 1.93. The van der Waals surface area contributed by atoms with Gasteiger partial charge in [0, 0.05) is 23.5 Å². The van der Waals surface area contributed by atoms with E-state index in [1.165, 1.54) is 11.8 Å². The highest BCUT2D eigenvalue weighted by Gasteiger charge is 2.24. The van der Waals surface area contributed by atoms with Crippen LogP contribution < -0.4 is 10.2 Å². The second-order valence-electron chi connectivity index (χ2n) is 5.29. The van der Waals surface area contributed by atoms with Gasteiger partial charge in [-0.15, -0.1) is 11.8 Å². The predicted octanol–water partition coefficient (Wildman–Crippen LogP) is 3.03. The largest absolute Gasteiger partial charge is 0.326 e. The van der Waals surface area contributed by atoms with Gasteiger partial charge in [0.05, 0.1) is 23.1 Å². The van der Waals surface area contributed by atoms with Gasteiger partial charge in [0.25, 0.3) is 0 Å².